The molecule has 0 radical (unpaired) electrons. The maximum absolute atomic E-state index is 12.4. The molecule has 0 amide bonds. The summed E-state index contributed by atoms with van der Waals surface area (Å²) in [5, 5.41) is 11.6. The fraction of sp³-hybridized carbons (Fsp3) is 0.333. The summed E-state index contributed by atoms with van der Waals surface area (Å²) in [5.41, 5.74) is 0.687. The largest absolute Gasteiger partial charge is 0.497 e. The molecular weight excluding hydrogens is 338 g/mol. The average Bonchev–Trinajstić information content (AvgIpc) is 3.23. The van der Waals surface area contributed by atoms with Crippen LogP contribution in [0.25, 0.3) is 22.4 Å². The Morgan fingerprint density at radius 2 is 2.12 bits per heavy atom. The lowest BCUT2D eigenvalue weighted by molar-refractivity contribution is -0.170. The molecule has 2 atom stereocenters. The second kappa shape index (κ2) is 6.56. The van der Waals surface area contributed by atoms with E-state index in [1.807, 2.05) is 30.3 Å². The van der Waals surface area contributed by atoms with Gasteiger partial charge in [-0.3, -0.25) is 9.40 Å². The first kappa shape index (κ1) is 16.8. The van der Waals surface area contributed by atoms with Gasteiger partial charge in [0.25, 0.3) is 0 Å². The number of aliphatic hydroxyl groups is 1. The first-order chi connectivity index (χ1) is 12.6. The summed E-state index contributed by atoms with van der Waals surface area (Å²) >= 11 is 0. The number of fused-ring (bicyclic) bond motifs is 1. The summed E-state index contributed by atoms with van der Waals surface area (Å²) in [6, 6.07) is 9.12. The molecule has 0 spiro atoms. The summed E-state index contributed by atoms with van der Waals surface area (Å²) in [7, 11) is 3.34. The lowest BCUT2D eigenvalue weighted by Gasteiger charge is -2.14. The molecule has 0 aliphatic carbocycles. The minimum Gasteiger partial charge on any atom is -0.497 e. The highest BCUT2D eigenvalue weighted by Crippen LogP contribution is 2.30. The lowest BCUT2D eigenvalue weighted by atomic mass is 10.1. The molecule has 1 aromatic carbocycles. The van der Waals surface area contributed by atoms with Crippen molar-refractivity contribution >= 4 is 11.1 Å². The molecule has 8 nitrogen and oxygen atoms in total. The van der Waals surface area contributed by atoms with Gasteiger partial charge in [0.2, 0.25) is 5.71 Å². The van der Waals surface area contributed by atoms with Crippen molar-refractivity contribution in [1.29, 1.82) is 0 Å². The minimum atomic E-state index is -0.499. The third kappa shape index (κ3) is 2.88. The molecule has 3 aromatic rings. The molecular formula is C18H19N3O5. The van der Waals surface area contributed by atoms with Gasteiger partial charge in [-0.05, 0) is 30.3 Å². The predicted molar refractivity (Wildman–Crippen MR) is 93.6 cm³/mol. The van der Waals surface area contributed by atoms with Crippen LogP contribution in [0.15, 0.2) is 45.7 Å². The molecule has 1 saturated heterocycles. The smallest absolute Gasteiger partial charge is 0.353 e. The zero-order valence-electron chi connectivity index (χ0n) is 14.5. The Hall–Kier alpha value is -2.68. The van der Waals surface area contributed by atoms with Gasteiger partial charge in [-0.2, -0.15) is 10.0 Å². The fourth-order valence-corrected chi connectivity index (χ4v) is 3.08. The van der Waals surface area contributed by atoms with Crippen molar-refractivity contribution in [2.45, 2.75) is 18.7 Å². The van der Waals surface area contributed by atoms with E-state index in [9.17, 15) is 9.90 Å². The fourth-order valence-electron chi connectivity index (χ4n) is 3.08. The number of furan rings is 1. The molecule has 0 unspecified atom stereocenters. The first-order valence-electron chi connectivity index (χ1n) is 8.26. The zero-order valence-corrected chi connectivity index (χ0v) is 14.5. The van der Waals surface area contributed by atoms with Gasteiger partial charge in [0.1, 0.15) is 11.5 Å². The van der Waals surface area contributed by atoms with Gasteiger partial charge in [0, 0.05) is 25.2 Å². The van der Waals surface area contributed by atoms with Crippen molar-refractivity contribution in [3.05, 3.63) is 47.0 Å². The number of nitrogens with zero attached hydrogens (tertiary/aromatic N) is 3. The van der Waals surface area contributed by atoms with Crippen molar-refractivity contribution < 1.29 is 19.1 Å². The SMILES string of the molecule is COc1ccc(-c2cc3cn([C@@H]4C[C@H](CO)N(C)O4)c(=O)nc3o2)cc1. The third-order valence-corrected chi connectivity index (χ3v) is 4.61. The van der Waals surface area contributed by atoms with Crippen molar-refractivity contribution in [2.24, 2.45) is 0 Å². The molecule has 26 heavy (non-hydrogen) atoms. The second-order valence-electron chi connectivity index (χ2n) is 6.21. The number of methoxy groups -OCH3 is 1. The van der Waals surface area contributed by atoms with Gasteiger partial charge < -0.3 is 14.3 Å². The Bertz CT molecular complexity index is 979. The van der Waals surface area contributed by atoms with Crippen LogP contribution in [-0.2, 0) is 4.84 Å². The predicted octanol–water partition coefficient (Wildman–Crippen LogP) is 1.79. The van der Waals surface area contributed by atoms with Gasteiger partial charge >= 0.3 is 5.69 Å². The Labute approximate surface area is 149 Å². The monoisotopic (exact) mass is 357 g/mol. The molecule has 4 rings (SSSR count). The molecule has 136 valence electrons. The Kier molecular flexibility index (Phi) is 4.23. The number of hydrogen-bond donors (Lipinski definition) is 1. The number of benzene rings is 1. The Morgan fingerprint density at radius 3 is 2.77 bits per heavy atom. The van der Waals surface area contributed by atoms with E-state index in [0.29, 0.717) is 17.6 Å². The molecule has 3 heterocycles. The van der Waals surface area contributed by atoms with Crippen LogP contribution in [0.4, 0.5) is 0 Å². The average molecular weight is 357 g/mol. The number of hydrogen-bond acceptors (Lipinski definition) is 7. The molecule has 1 aliphatic heterocycles. The molecule has 1 aliphatic rings. The summed E-state index contributed by atoms with van der Waals surface area (Å²) in [6.07, 6.45) is 1.68. The molecule has 2 aromatic heterocycles. The minimum absolute atomic E-state index is 0.0370. The van der Waals surface area contributed by atoms with Crippen LogP contribution in [0.5, 0.6) is 5.75 Å². The van der Waals surface area contributed by atoms with Crippen LogP contribution in [0.1, 0.15) is 12.6 Å². The highest BCUT2D eigenvalue weighted by Gasteiger charge is 2.32. The van der Waals surface area contributed by atoms with E-state index in [1.54, 1.807) is 25.4 Å². The summed E-state index contributed by atoms with van der Waals surface area (Å²) in [4.78, 5) is 22.0. The normalized spacial score (nSPS) is 20.7. The number of hydroxylamine groups is 2. The maximum Gasteiger partial charge on any atom is 0.353 e. The molecule has 1 N–H and O–H groups in total. The van der Waals surface area contributed by atoms with Crippen LogP contribution < -0.4 is 10.4 Å². The van der Waals surface area contributed by atoms with Gasteiger partial charge in [-0.15, -0.1) is 0 Å². The van der Waals surface area contributed by atoms with Gasteiger partial charge in [-0.25, -0.2) is 4.79 Å². The summed E-state index contributed by atoms with van der Waals surface area (Å²) in [6.45, 7) is -0.0370. The van der Waals surface area contributed by atoms with Gasteiger partial charge in [0.15, 0.2) is 6.23 Å². The van der Waals surface area contributed by atoms with Crippen LogP contribution in [0, 0.1) is 0 Å². The van der Waals surface area contributed by atoms with Gasteiger partial charge in [-0.1, -0.05) is 0 Å². The molecule has 8 heteroatoms. The van der Waals surface area contributed by atoms with E-state index < -0.39 is 11.9 Å². The van der Waals surface area contributed by atoms with Crippen LogP contribution in [-0.4, -0.2) is 46.5 Å². The zero-order chi connectivity index (χ0) is 18.3. The second-order valence-corrected chi connectivity index (χ2v) is 6.21. The molecule has 1 fully saturated rings. The van der Waals surface area contributed by atoms with E-state index in [1.165, 1.54) is 4.57 Å². The van der Waals surface area contributed by atoms with Crippen molar-refractivity contribution in [3.8, 4) is 17.1 Å². The van der Waals surface area contributed by atoms with Crippen molar-refractivity contribution in [3.63, 3.8) is 0 Å². The van der Waals surface area contributed by atoms with Crippen LogP contribution >= 0.6 is 0 Å². The quantitative estimate of drug-likeness (QED) is 0.761. The van der Waals surface area contributed by atoms with Crippen LogP contribution in [0.2, 0.25) is 0 Å². The first-order valence-corrected chi connectivity index (χ1v) is 8.26. The number of likely N-dealkylation sites (N-methyl/N-ethyl adjacent to an activating group) is 1. The van der Waals surface area contributed by atoms with E-state index in [0.717, 1.165) is 11.3 Å². The summed E-state index contributed by atoms with van der Waals surface area (Å²) < 4.78 is 12.3. The standard InChI is InChI=1S/C18H19N3O5/c1-20-13(10-22)8-16(26-20)21-9-12-7-15(25-17(12)19-18(21)23)11-3-5-14(24-2)6-4-11/h3-7,9,13,16,22H,8,10H2,1-2H3/t13-,16+/m1/s1. The number of aromatic nitrogens is 2. The third-order valence-electron chi connectivity index (χ3n) is 4.61. The number of ether oxygens (including phenoxy) is 1. The molecule has 0 saturated carbocycles. The highest BCUT2D eigenvalue weighted by atomic mass is 16.7. The topological polar surface area (TPSA) is 90.0 Å². The van der Waals surface area contributed by atoms with Gasteiger partial charge in [0.05, 0.1) is 25.1 Å². The van der Waals surface area contributed by atoms with E-state index >= 15 is 0 Å². The van der Waals surface area contributed by atoms with E-state index in [2.05, 4.69) is 4.98 Å². The van der Waals surface area contributed by atoms with E-state index in [-0.39, 0.29) is 18.4 Å². The number of aliphatic hydroxyl groups excluding tert-OH is 1. The van der Waals surface area contributed by atoms with E-state index in [4.69, 9.17) is 14.0 Å². The van der Waals surface area contributed by atoms with Crippen LogP contribution in [0.3, 0.4) is 0 Å². The Morgan fingerprint density at radius 1 is 1.35 bits per heavy atom. The highest BCUT2D eigenvalue weighted by molar-refractivity contribution is 5.79. The van der Waals surface area contributed by atoms with Crippen molar-refractivity contribution in [1.82, 2.24) is 14.6 Å². The maximum atomic E-state index is 12.4. The number of rotatable bonds is 4. The summed E-state index contributed by atoms with van der Waals surface area (Å²) in [5.74, 6) is 1.37. The van der Waals surface area contributed by atoms with Crippen molar-refractivity contribution in [2.75, 3.05) is 20.8 Å². The Balaban J connectivity index is 1.70. The lowest BCUT2D eigenvalue weighted by Crippen LogP contribution is -2.27. The molecule has 0 bridgehead atoms.